The van der Waals surface area contributed by atoms with Crippen molar-refractivity contribution in [2.45, 2.75) is 39.2 Å². The predicted molar refractivity (Wildman–Crippen MR) is 63.6 cm³/mol. The van der Waals surface area contributed by atoms with E-state index in [4.69, 9.17) is 5.73 Å². The number of thioether (sulfide) groups is 1. The molecule has 0 bridgehead atoms. The number of primary amides is 1. The standard InChI is InChI=1S/C10H20N2O2S/c1-4-5-10(2,3)12-9(14)7-15-6-8(11)13/h4-7H2,1-3H3,(H2,11,13)(H,12,14). The van der Waals surface area contributed by atoms with Gasteiger partial charge in [0, 0.05) is 5.54 Å². The molecule has 0 radical (unpaired) electrons. The maximum absolute atomic E-state index is 11.4. The fourth-order valence-corrected chi connectivity index (χ4v) is 1.91. The van der Waals surface area contributed by atoms with E-state index in [1.807, 2.05) is 13.8 Å². The van der Waals surface area contributed by atoms with Crippen molar-refractivity contribution in [3.63, 3.8) is 0 Å². The highest BCUT2D eigenvalue weighted by Crippen LogP contribution is 2.11. The lowest BCUT2D eigenvalue weighted by Gasteiger charge is -2.25. The van der Waals surface area contributed by atoms with Gasteiger partial charge >= 0.3 is 0 Å². The third-order valence-corrected chi connectivity index (χ3v) is 2.79. The van der Waals surface area contributed by atoms with Crippen LogP contribution in [-0.2, 0) is 9.59 Å². The molecule has 4 nitrogen and oxygen atoms in total. The monoisotopic (exact) mass is 232 g/mol. The van der Waals surface area contributed by atoms with Crippen LogP contribution in [0.3, 0.4) is 0 Å². The number of amides is 2. The molecule has 0 atom stereocenters. The molecule has 0 aliphatic heterocycles. The molecule has 0 spiro atoms. The van der Waals surface area contributed by atoms with Gasteiger partial charge in [0.2, 0.25) is 11.8 Å². The van der Waals surface area contributed by atoms with Crippen molar-refractivity contribution in [3.8, 4) is 0 Å². The van der Waals surface area contributed by atoms with Crippen molar-refractivity contribution in [1.82, 2.24) is 5.32 Å². The summed E-state index contributed by atoms with van der Waals surface area (Å²) in [6.45, 7) is 6.07. The van der Waals surface area contributed by atoms with Gasteiger partial charge in [0.15, 0.2) is 0 Å². The summed E-state index contributed by atoms with van der Waals surface area (Å²) in [5.74, 6) is 0.0536. The molecule has 5 heteroatoms. The van der Waals surface area contributed by atoms with Crippen molar-refractivity contribution in [1.29, 1.82) is 0 Å². The highest BCUT2D eigenvalue weighted by molar-refractivity contribution is 8.00. The molecule has 0 saturated carbocycles. The predicted octanol–water partition coefficient (Wildman–Crippen LogP) is 0.900. The second-order valence-corrected chi connectivity index (χ2v) is 5.13. The quantitative estimate of drug-likeness (QED) is 0.685. The summed E-state index contributed by atoms with van der Waals surface area (Å²) in [6, 6.07) is 0. The third kappa shape index (κ3) is 8.30. The van der Waals surface area contributed by atoms with Gasteiger partial charge in [-0.1, -0.05) is 13.3 Å². The molecule has 2 amide bonds. The van der Waals surface area contributed by atoms with Crippen LogP contribution in [-0.4, -0.2) is 28.9 Å². The van der Waals surface area contributed by atoms with Crippen molar-refractivity contribution >= 4 is 23.6 Å². The van der Waals surface area contributed by atoms with Gasteiger partial charge in [0.05, 0.1) is 11.5 Å². The summed E-state index contributed by atoms with van der Waals surface area (Å²) in [4.78, 5) is 21.9. The first-order chi connectivity index (χ1) is 6.87. The Morgan fingerprint density at radius 1 is 1.33 bits per heavy atom. The Bertz CT molecular complexity index is 229. The molecule has 0 aromatic rings. The first-order valence-electron chi connectivity index (χ1n) is 5.04. The highest BCUT2D eigenvalue weighted by atomic mass is 32.2. The van der Waals surface area contributed by atoms with Gasteiger partial charge in [0.25, 0.3) is 0 Å². The molecule has 0 heterocycles. The van der Waals surface area contributed by atoms with Crippen LogP contribution in [0, 0.1) is 0 Å². The molecule has 3 N–H and O–H groups in total. The SMILES string of the molecule is CCCC(C)(C)NC(=O)CSCC(N)=O. The average Bonchev–Trinajstić information content (AvgIpc) is 2.01. The first kappa shape index (κ1) is 14.3. The molecule has 0 aromatic carbocycles. The van der Waals surface area contributed by atoms with Crippen LogP contribution >= 0.6 is 11.8 Å². The molecule has 0 rings (SSSR count). The van der Waals surface area contributed by atoms with Crippen molar-refractivity contribution in [3.05, 3.63) is 0 Å². The normalized spacial score (nSPS) is 11.1. The second kappa shape index (κ2) is 6.71. The minimum absolute atomic E-state index is 0.0419. The fourth-order valence-electron chi connectivity index (χ4n) is 1.35. The largest absolute Gasteiger partial charge is 0.369 e. The number of carbonyl (C=O) groups excluding carboxylic acids is 2. The van der Waals surface area contributed by atoms with Gasteiger partial charge in [-0.05, 0) is 20.3 Å². The highest BCUT2D eigenvalue weighted by Gasteiger charge is 2.18. The molecule has 0 unspecified atom stereocenters. The van der Waals surface area contributed by atoms with E-state index < -0.39 is 0 Å². The minimum Gasteiger partial charge on any atom is -0.369 e. The Hall–Kier alpha value is -0.710. The van der Waals surface area contributed by atoms with Crippen molar-refractivity contribution < 1.29 is 9.59 Å². The van der Waals surface area contributed by atoms with Gasteiger partial charge in [-0.2, -0.15) is 0 Å². The smallest absolute Gasteiger partial charge is 0.230 e. The van der Waals surface area contributed by atoms with Gasteiger partial charge in [-0.25, -0.2) is 0 Å². The zero-order chi connectivity index (χ0) is 11.9. The minimum atomic E-state index is -0.388. The Morgan fingerprint density at radius 3 is 2.40 bits per heavy atom. The van der Waals surface area contributed by atoms with Crippen LogP contribution in [0.2, 0.25) is 0 Å². The first-order valence-corrected chi connectivity index (χ1v) is 6.20. The summed E-state index contributed by atoms with van der Waals surface area (Å²) in [5.41, 5.74) is 4.79. The summed E-state index contributed by atoms with van der Waals surface area (Å²) < 4.78 is 0. The summed E-state index contributed by atoms with van der Waals surface area (Å²) in [5, 5.41) is 2.92. The van der Waals surface area contributed by atoms with E-state index in [2.05, 4.69) is 12.2 Å². The van der Waals surface area contributed by atoms with E-state index >= 15 is 0 Å². The average molecular weight is 232 g/mol. The lowest BCUT2D eigenvalue weighted by atomic mass is 9.99. The maximum Gasteiger partial charge on any atom is 0.230 e. The Kier molecular flexibility index (Phi) is 6.40. The van der Waals surface area contributed by atoms with E-state index in [1.165, 1.54) is 11.8 Å². The molecule has 88 valence electrons. The van der Waals surface area contributed by atoms with Crippen LogP contribution in [0.1, 0.15) is 33.6 Å². The summed E-state index contributed by atoms with van der Waals surface area (Å²) in [6.07, 6.45) is 1.97. The Morgan fingerprint density at radius 2 is 1.93 bits per heavy atom. The second-order valence-electron chi connectivity index (χ2n) is 4.14. The molecule has 0 saturated heterocycles. The number of nitrogens with one attached hydrogen (secondary N) is 1. The van der Waals surface area contributed by atoms with E-state index in [0.717, 1.165) is 12.8 Å². The van der Waals surface area contributed by atoms with Crippen LogP contribution < -0.4 is 11.1 Å². The zero-order valence-electron chi connectivity index (χ0n) is 9.63. The number of nitrogens with two attached hydrogens (primary N) is 1. The van der Waals surface area contributed by atoms with Crippen LogP contribution in [0.25, 0.3) is 0 Å². The van der Waals surface area contributed by atoms with E-state index in [1.54, 1.807) is 0 Å². The Balaban J connectivity index is 3.77. The molecule has 0 aromatic heterocycles. The van der Waals surface area contributed by atoms with Crippen LogP contribution in [0.4, 0.5) is 0 Å². The fraction of sp³-hybridized carbons (Fsp3) is 0.800. The van der Waals surface area contributed by atoms with Gasteiger partial charge < -0.3 is 11.1 Å². The molecule has 0 fully saturated rings. The van der Waals surface area contributed by atoms with E-state index in [9.17, 15) is 9.59 Å². The maximum atomic E-state index is 11.4. The molecule has 0 aliphatic carbocycles. The lowest BCUT2D eigenvalue weighted by molar-refractivity contribution is -0.120. The van der Waals surface area contributed by atoms with Gasteiger partial charge in [-0.3, -0.25) is 9.59 Å². The van der Waals surface area contributed by atoms with Crippen molar-refractivity contribution in [2.75, 3.05) is 11.5 Å². The van der Waals surface area contributed by atoms with Gasteiger partial charge in [0.1, 0.15) is 0 Å². The molecule has 15 heavy (non-hydrogen) atoms. The number of rotatable bonds is 7. The summed E-state index contributed by atoms with van der Waals surface area (Å²) >= 11 is 1.24. The summed E-state index contributed by atoms with van der Waals surface area (Å²) in [7, 11) is 0. The van der Waals surface area contributed by atoms with Crippen LogP contribution in [0.5, 0.6) is 0 Å². The van der Waals surface area contributed by atoms with Crippen LogP contribution in [0.15, 0.2) is 0 Å². The molecular formula is C10H20N2O2S. The number of hydrogen-bond donors (Lipinski definition) is 2. The molecule has 0 aliphatic rings. The lowest BCUT2D eigenvalue weighted by Crippen LogP contribution is -2.44. The third-order valence-electron chi connectivity index (χ3n) is 1.83. The topological polar surface area (TPSA) is 72.2 Å². The molecular weight excluding hydrogens is 212 g/mol. The van der Waals surface area contributed by atoms with Gasteiger partial charge in [-0.15, -0.1) is 11.8 Å². The van der Waals surface area contributed by atoms with E-state index in [-0.39, 0.29) is 28.9 Å². The van der Waals surface area contributed by atoms with Crippen molar-refractivity contribution in [2.24, 2.45) is 5.73 Å². The Labute approximate surface area is 95.4 Å². The number of hydrogen-bond acceptors (Lipinski definition) is 3. The van der Waals surface area contributed by atoms with E-state index in [0.29, 0.717) is 0 Å². The number of carbonyl (C=O) groups is 2. The zero-order valence-corrected chi connectivity index (χ0v) is 10.4.